The van der Waals surface area contributed by atoms with Crippen LogP contribution in [0.25, 0.3) is 0 Å². The van der Waals surface area contributed by atoms with E-state index in [1.807, 2.05) is 13.8 Å². The van der Waals surface area contributed by atoms with E-state index in [2.05, 4.69) is 20.8 Å². The Bertz CT molecular complexity index is 496. The Morgan fingerprint density at radius 1 is 0.750 bits per heavy atom. The fourth-order valence-electron chi connectivity index (χ4n) is 2.06. The van der Waals surface area contributed by atoms with Crippen LogP contribution in [0.1, 0.15) is 33.4 Å². The zero-order chi connectivity index (χ0) is 12.7. The summed E-state index contributed by atoms with van der Waals surface area (Å²) in [7, 11) is -2.97. The second kappa shape index (κ2) is 4.21. The lowest BCUT2D eigenvalue weighted by Gasteiger charge is -2.18. The minimum absolute atomic E-state index is 0.145. The van der Waals surface area contributed by atoms with Crippen molar-refractivity contribution in [3.8, 4) is 0 Å². The van der Waals surface area contributed by atoms with Gasteiger partial charge in [-0.05, 0) is 68.0 Å². The molecule has 0 N–H and O–H groups in total. The molecule has 0 aliphatic rings. The van der Waals surface area contributed by atoms with Gasteiger partial charge in [-0.15, -0.1) is 0 Å². The van der Waals surface area contributed by atoms with Crippen LogP contribution in [0.4, 0.5) is 0 Å². The number of hydrogen-bond donors (Lipinski definition) is 0. The van der Waals surface area contributed by atoms with Crippen LogP contribution in [-0.4, -0.2) is 14.7 Å². The van der Waals surface area contributed by atoms with Crippen molar-refractivity contribution in [2.24, 2.45) is 0 Å². The van der Waals surface area contributed by atoms with E-state index >= 15 is 0 Å². The molecule has 0 aromatic heterocycles. The van der Waals surface area contributed by atoms with Crippen molar-refractivity contribution in [2.75, 3.05) is 6.26 Å². The minimum atomic E-state index is -2.97. The summed E-state index contributed by atoms with van der Waals surface area (Å²) in [5, 5.41) is 0. The van der Waals surface area contributed by atoms with Gasteiger partial charge >= 0.3 is 0 Å². The zero-order valence-electron chi connectivity index (χ0n) is 10.9. The van der Waals surface area contributed by atoms with Gasteiger partial charge in [0.15, 0.2) is 9.84 Å². The summed E-state index contributed by atoms with van der Waals surface area (Å²) in [6, 6.07) is 0. The first kappa shape index (κ1) is 13.2. The van der Waals surface area contributed by atoms with Crippen LogP contribution in [0.2, 0.25) is 0 Å². The van der Waals surface area contributed by atoms with E-state index < -0.39 is 9.84 Å². The van der Waals surface area contributed by atoms with E-state index in [-0.39, 0.29) is 5.75 Å². The smallest absolute Gasteiger partial charge is 0.151 e. The largest absolute Gasteiger partial charge is 0.229 e. The van der Waals surface area contributed by atoms with Crippen LogP contribution < -0.4 is 0 Å². The normalized spacial score (nSPS) is 11.9. The topological polar surface area (TPSA) is 34.1 Å². The van der Waals surface area contributed by atoms with Gasteiger partial charge in [-0.25, -0.2) is 8.42 Å². The summed E-state index contributed by atoms with van der Waals surface area (Å²) in [5.74, 6) is 0.145. The van der Waals surface area contributed by atoms with Crippen molar-refractivity contribution >= 4 is 9.84 Å². The quantitative estimate of drug-likeness (QED) is 0.796. The standard InChI is InChI=1S/C13H20O2S/c1-8-9(2)11(4)13(7-16(6,14)15)12(5)10(8)3/h7H2,1-6H3. The van der Waals surface area contributed by atoms with E-state index in [9.17, 15) is 8.42 Å². The monoisotopic (exact) mass is 240 g/mol. The second-order valence-corrected chi connectivity index (χ2v) is 6.81. The molecule has 3 heteroatoms. The SMILES string of the molecule is Cc1c(C)c(C)c(CS(C)(=O)=O)c(C)c1C. The van der Waals surface area contributed by atoms with E-state index in [0.717, 1.165) is 16.7 Å². The third-order valence-corrected chi connectivity index (χ3v) is 4.37. The molecule has 0 aliphatic carbocycles. The Balaban J connectivity index is 3.52. The molecule has 0 saturated heterocycles. The molecule has 2 nitrogen and oxygen atoms in total. The van der Waals surface area contributed by atoms with Crippen LogP contribution >= 0.6 is 0 Å². The molecule has 16 heavy (non-hydrogen) atoms. The molecule has 0 atom stereocenters. The van der Waals surface area contributed by atoms with Crippen molar-refractivity contribution in [3.63, 3.8) is 0 Å². The molecule has 0 saturated carbocycles. The van der Waals surface area contributed by atoms with Crippen molar-refractivity contribution in [1.82, 2.24) is 0 Å². The van der Waals surface area contributed by atoms with Crippen LogP contribution in [0.3, 0.4) is 0 Å². The minimum Gasteiger partial charge on any atom is -0.229 e. The van der Waals surface area contributed by atoms with Gasteiger partial charge in [0.1, 0.15) is 0 Å². The van der Waals surface area contributed by atoms with Gasteiger partial charge in [0.05, 0.1) is 5.75 Å². The molecule has 0 bridgehead atoms. The summed E-state index contributed by atoms with van der Waals surface area (Å²) in [5.41, 5.74) is 6.90. The lowest BCUT2D eigenvalue weighted by atomic mass is 9.90. The van der Waals surface area contributed by atoms with Crippen LogP contribution in [-0.2, 0) is 15.6 Å². The number of benzene rings is 1. The predicted molar refractivity (Wildman–Crippen MR) is 68.7 cm³/mol. The first-order chi connectivity index (χ1) is 7.15. The average Bonchev–Trinajstić information content (AvgIpc) is 2.17. The Labute approximate surface area is 98.6 Å². The summed E-state index contributed by atoms with van der Waals surface area (Å²) in [6.07, 6.45) is 1.29. The summed E-state index contributed by atoms with van der Waals surface area (Å²) < 4.78 is 22.8. The van der Waals surface area contributed by atoms with E-state index in [4.69, 9.17) is 0 Å². The van der Waals surface area contributed by atoms with Gasteiger partial charge in [0.2, 0.25) is 0 Å². The fourth-order valence-corrected chi connectivity index (χ4v) is 3.01. The number of rotatable bonds is 2. The number of hydrogen-bond acceptors (Lipinski definition) is 2. The molecule has 0 fully saturated rings. The Kier molecular flexibility index (Phi) is 3.48. The molecular formula is C13H20O2S. The molecule has 90 valence electrons. The Morgan fingerprint density at radius 3 is 1.38 bits per heavy atom. The van der Waals surface area contributed by atoms with Crippen LogP contribution in [0, 0.1) is 34.6 Å². The molecule has 0 unspecified atom stereocenters. The second-order valence-electron chi connectivity index (χ2n) is 4.67. The highest BCUT2D eigenvalue weighted by molar-refractivity contribution is 7.89. The van der Waals surface area contributed by atoms with Gasteiger partial charge < -0.3 is 0 Å². The van der Waals surface area contributed by atoms with Crippen LogP contribution in [0.15, 0.2) is 0 Å². The molecule has 0 heterocycles. The Hall–Kier alpha value is -0.830. The van der Waals surface area contributed by atoms with Crippen LogP contribution in [0.5, 0.6) is 0 Å². The molecule has 0 radical (unpaired) electrons. The van der Waals surface area contributed by atoms with Crippen molar-refractivity contribution in [2.45, 2.75) is 40.4 Å². The third-order valence-electron chi connectivity index (χ3n) is 3.56. The Morgan fingerprint density at radius 2 is 1.06 bits per heavy atom. The third kappa shape index (κ3) is 2.46. The molecule has 0 spiro atoms. The molecule has 1 rings (SSSR count). The van der Waals surface area contributed by atoms with E-state index in [1.54, 1.807) is 0 Å². The molecule has 1 aromatic rings. The van der Waals surface area contributed by atoms with Crippen molar-refractivity contribution in [3.05, 3.63) is 33.4 Å². The first-order valence-electron chi connectivity index (χ1n) is 5.38. The lowest BCUT2D eigenvalue weighted by Crippen LogP contribution is -2.08. The molecular weight excluding hydrogens is 220 g/mol. The van der Waals surface area contributed by atoms with E-state index in [1.165, 1.54) is 22.9 Å². The van der Waals surface area contributed by atoms with Gasteiger partial charge in [0.25, 0.3) is 0 Å². The highest BCUT2D eigenvalue weighted by atomic mass is 32.2. The maximum absolute atomic E-state index is 11.4. The summed E-state index contributed by atoms with van der Waals surface area (Å²) in [6.45, 7) is 10.2. The molecule has 1 aromatic carbocycles. The highest BCUT2D eigenvalue weighted by Gasteiger charge is 2.15. The maximum Gasteiger partial charge on any atom is 0.151 e. The predicted octanol–water partition coefficient (Wildman–Crippen LogP) is 2.77. The van der Waals surface area contributed by atoms with Gasteiger partial charge in [0, 0.05) is 6.26 Å². The van der Waals surface area contributed by atoms with Crippen molar-refractivity contribution < 1.29 is 8.42 Å². The van der Waals surface area contributed by atoms with Gasteiger partial charge in [-0.1, -0.05) is 0 Å². The maximum atomic E-state index is 11.4. The van der Waals surface area contributed by atoms with E-state index in [0.29, 0.717) is 0 Å². The fraction of sp³-hybridized carbons (Fsp3) is 0.538. The first-order valence-corrected chi connectivity index (χ1v) is 7.44. The number of sulfone groups is 1. The summed E-state index contributed by atoms with van der Waals surface area (Å²) >= 11 is 0. The van der Waals surface area contributed by atoms with Gasteiger partial charge in [-0.3, -0.25) is 0 Å². The summed E-state index contributed by atoms with van der Waals surface area (Å²) in [4.78, 5) is 0. The highest BCUT2D eigenvalue weighted by Crippen LogP contribution is 2.27. The van der Waals surface area contributed by atoms with Gasteiger partial charge in [-0.2, -0.15) is 0 Å². The average molecular weight is 240 g/mol. The van der Waals surface area contributed by atoms with Crippen molar-refractivity contribution in [1.29, 1.82) is 0 Å². The zero-order valence-corrected chi connectivity index (χ0v) is 11.7. The molecule has 0 aliphatic heterocycles. The lowest BCUT2D eigenvalue weighted by molar-refractivity contribution is 0.601. The molecule has 0 amide bonds.